The molecule has 3 heterocycles. The number of nitrogens with zero attached hydrogens (tertiary/aromatic N) is 3. The minimum atomic E-state index is -0.609. The fourth-order valence-corrected chi connectivity index (χ4v) is 6.36. The van der Waals surface area contributed by atoms with E-state index in [-0.39, 0.29) is 36.0 Å². The quantitative estimate of drug-likeness (QED) is 0.270. The third kappa shape index (κ3) is 6.73. The Morgan fingerprint density at radius 1 is 0.952 bits per heavy atom. The second-order valence-corrected chi connectivity index (χ2v) is 11.3. The van der Waals surface area contributed by atoms with Crippen LogP contribution in [0.2, 0.25) is 0 Å². The van der Waals surface area contributed by atoms with Gasteiger partial charge in [0, 0.05) is 50.4 Å². The van der Waals surface area contributed by atoms with Gasteiger partial charge in [-0.2, -0.15) is 0 Å². The number of halogens is 2. The number of hydrogen-bond acceptors (Lipinski definition) is 4. The van der Waals surface area contributed by atoms with E-state index < -0.39 is 11.9 Å². The number of amides is 2. The van der Waals surface area contributed by atoms with Crippen molar-refractivity contribution < 1.29 is 32.3 Å². The summed E-state index contributed by atoms with van der Waals surface area (Å²) in [5.41, 5.74) is 1.60. The minimum absolute atomic E-state index is 0.0261. The van der Waals surface area contributed by atoms with Gasteiger partial charge in [0.1, 0.15) is 23.9 Å². The molecule has 0 radical (unpaired) electrons. The van der Waals surface area contributed by atoms with Crippen molar-refractivity contribution in [3.63, 3.8) is 0 Å². The summed E-state index contributed by atoms with van der Waals surface area (Å²) in [5.74, 6) is 0.0248. The van der Waals surface area contributed by atoms with E-state index in [9.17, 15) is 18.4 Å². The summed E-state index contributed by atoms with van der Waals surface area (Å²) in [6, 6.07) is 19.4. The van der Waals surface area contributed by atoms with Crippen LogP contribution >= 0.6 is 0 Å². The Morgan fingerprint density at radius 3 is 2.38 bits per heavy atom. The molecule has 3 aliphatic heterocycles. The van der Waals surface area contributed by atoms with Gasteiger partial charge in [-0.3, -0.25) is 9.69 Å². The summed E-state index contributed by atoms with van der Waals surface area (Å²) in [6.45, 7) is 5.77. The van der Waals surface area contributed by atoms with Gasteiger partial charge in [0.05, 0.1) is 39.0 Å². The predicted octanol–water partition coefficient (Wildman–Crippen LogP) is 6.17. The molecule has 7 nitrogen and oxygen atoms in total. The molecule has 222 valence electrons. The first-order chi connectivity index (χ1) is 20.3. The summed E-state index contributed by atoms with van der Waals surface area (Å²) in [4.78, 5) is 29.2. The Morgan fingerprint density at radius 2 is 1.69 bits per heavy atom. The first-order valence-electron chi connectivity index (χ1n) is 14.5. The van der Waals surface area contributed by atoms with Crippen molar-refractivity contribution in [3.8, 4) is 5.75 Å². The van der Waals surface area contributed by atoms with Crippen LogP contribution in [0.1, 0.15) is 31.7 Å². The summed E-state index contributed by atoms with van der Waals surface area (Å²) in [6.07, 6.45) is 1.80. The summed E-state index contributed by atoms with van der Waals surface area (Å²) in [5, 5.41) is 0. The van der Waals surface area contributed by atoms with E-state index in [2.05, 4.69) is 0 Å². The van der Waals surface area contributed by atoms with Gasteiger partial charge in [-0.05, 0) is 42.0 Å². The van der Waals surface area contributed by atoms with Crippen LogP contribution < -0.4 is 14.5 Å². The van der Waals surface area contributed by atoms with E-state index in [1.165, 1.54) is 23.1 Å². The molecule has 42 heavy (non-hydrogen) atoms. The van der Waals surface area contributed by atoms with Crippen molar-refractivity contribution in [3.05, 3.63) is 90.0 Å². The van der Waals surface area contributed by atoms with E-state index in [4.69, 9.17) is 9.47 Å². The third-order valence-corrected chi connectivity index (χ3v) is 8.67. The highest BCUT2D eigenvalue weighted by atomic mass is 19.1. The fourth-order valence-electron chi connectivity index (χ4n) is 6.36. The third-order valence-electron chi connectivity index (χ3n) is 8.67. The largest absolute Gasteiger partial charge is 0.497 e. The lowest BCUT2D eigenvalue weighted by atomic mass is 9.83. The molecule has 3 fully saturated rings. The maximum absolute atomic E-state index is 14.8. The number of benzene rings is 3. The second kappa shape index (κ2) is 12.9. The zero-order chi connectivity index (χ0) is 29.7. The van der Waals surface area contributed by atoms with Crippen molar-refractivity contribution in [2.75, 3.05) is 49.6 Å². The lowest BCUT2D eigenvalue weighted by Crippen LogP contribution is -2.65. The maximum atomic E-state index is 14.8. The molecule has 0 spiro atoms. The monoisotopic (exact) mass is 578 g/mol. The average Bonchev–Trinajstić information content (AvgIpc) is 3.00. The predicted molar refractivity (Wildman–Crippen MR) is 157 cm³/mol. The Balaban J connectivity index is 1.26. The van der Waals surface area contributed by atoms with Gasteiger partial charge in [-0.15, -0.1) is 0 Å². The molecule has 3 saturated heterocycles. The highest BCUT2D eigenvalue weighted by molar-refractivity contribution is 5.91. The molecule has 3 aliphatic rings. The molecular weight excluding hydrogens is 540 g/mol. The van der Waals surface area contributed by atoms with Gasteiger partial charge in [-0.1, -0.05) is 30.3 Å². The van der Waals surface area contributed by atoms with Crippen molar-refractivity contribution >= 4 is 23.4 Å². The highest BCUT2D eigenvalue weighted by Crippen LogP contribution is 2.37. The van der Waals surface area contributed by atoms with Crippen molar-refractivity contribution in [2.45, 2.75) is 38.8 Å². The molecule has 9 heteroatoms. The molecule has 0 aromatic heterocycles. The number of quaternary nitrogens is 1. The number of methoxy groups -OCH3 is 1. The van der Waals surface area contributed by atoms with Crippen molar-refractivity contribution in [1.82, 2.24) is 0 Å². The summed E-state index contributed by atoms with van der Waals surface area (Å²) >= 11 is 0. The van der Waals surface area contributed by atoms with Crippen LogP contribution in [0.25, 0.3) is 0 Å². The first-order valence-corrected chi connectivity index (χ1v) is 14.5. The number of carbonyl (C=O) groups excluding carboxylic acids is 2. The molecule has 0 saturated carbocycles. The van der Waals surface area contributed by atoms with Crippen LogP contribution in [0.3, 0.4) is 0 Å². The van der Waals surface area contributed by atoms with Crippen LogP contribution in [-0.2, 0) is 16.1 Å². The number of fused-ring (bicyclic) bond motifs is 3. The molecule has 3 aromatic carbocycles. The Kier molecular flexibility index (Phi) is 9.06. The van der Waals surface area contributed by atoms with Gasteiger partial charge in [0.2, 0.25) is 5.91 Å². The zero-order valence-electron chi connectivity index (χ0n) is 24.2. The molecule has 6 rings (SSSR count). The van der Waals surface area contributed by atoms with Gasteiger partial charge in [0.25, 0.3) is 0 Å². The molecule has 3 aromatic rings. The Labute approximate surface area is 245 Å². The number of carbonyl (C=O) groups is 2. The fraction of sp³-hybridized carbons (Fsp3) is 0.394. The SMILES string of the molecule is COc1cccc(N(CCC[N+]23CCC(CC2)[C@@H](OC(=O)N(Cc2ccc(F)cc2)c2ccccc2F)C3)C(C)=O)c1. The second-order valence-electron chi connectivity index (χ2n) is 11.3. The first kappa shape index (κ1) is 29.5. The molecule has 2 bridgehead atoms. The minimum Gasteiger partial charge on any atom is -0.497 e. The number of ether oxygens (including phenoxy) is 2. The van der Waals surface area contributed by atoms with Crippen LogP contribution in [0.15, 0.2) is 72.8 Å². The Hall–Kier alpha value is -3.98. The number of para-hydroxylation sites is 1. The number of hydrogen-bond donors (Lipinski definition) is 0. The van der Waals surface area contributed by atoms with Crippen molar-refractivity contribution in [1.29, 1.82) is 0 Å². The van der Waals surface area contributed by atoms with Crippen LogP contribution in [-0.4, -0.2) is 62.4 Å². The number of rotatable bonds is 10. The molecule has 1 atom stereocenters. The topological polar surface area (TPSA) is 59.1 Å². The number of piperidine rings is 3. The zero-order valence-corrected chi connectivity index (χ0v) is 24.2. The molecular formula is C33H38F2N3O4+. The summed E-state index contributed by atoms with van der Waals surface area (Å²) < 4.78 is 40.6. The highest BCUT2D eigenvalue weighted by Gasteiger charge is 2.47. The van der Waals surface area contributed by atoms with Crippen LogP contribution in [0.5, 0.6) is 5.75 Å². The van der Waals surface area contributed by atoms with Gasteiger partial charge >= 0.3 is 6.09 Å². The average molecular weight is 579 g/mol. The lowest BCUT2D eigenvalue weighted by Gasteiger charge is -2.52. The standard InChI is InChI=1S/C33H38F2N3O4/c1-24(39)36(28-7-5-8-29(21-28)41-2)17-6-18-38-19-15-26(16-20-38)32(23-38)42-33(40)37(31-10-4-3-9-30(31)35)22-25-11-13-27(34)14-12-25/h3-5,7-14,21,26,32H,6,15-20,22-23H2,1-2H3/q+1/t26?,32-,38?/m0/s1. The van der Waals surface area contributed by atoms with Crippen LogP contribution in [0.4, 0.5) is 25.0 Å². The van der Waals surface area contributed by atoms with Gasteiger partial charge in [0.15, 0.2) is 6.10 Å². The van der Waals surface area contributed by atoms with Crippen LogP contribution in [0, 0.1) is 17.6 Å². The van der Waals surface area contributed by atoms with E-state index in [1.54, 1.807) is 49.3 Å². The maximum Gasteiger partial charge on any atom is 0.415 e. The molecule has 0 unspecified atom stereocenters. The van der Waals surface area contributed by atoms with Gasteiger partial charge < -0.3 is 18.9 Å². The van der Waals surface area contributed by atoms with Crippen molar-refractivity contribution in [2.24, 2.45) is 5.92 Å². The number of anilines is 2. The smallest absolute Gasteiger partial charge is 0.415 e. The van der Waals surface area contributed by atoms with E-state index >= 15 is 0 Å². The Bertz CT molecular complexity index is 1390. The van der Waals surface area contributed by atoms with Gasteiger partial charge in [-0.25, -0.2) is 13.6 Å². The van der Waals surface area contributed by atoms with E-state index in [1.807, 2.05) is 24.3 Å². The normalized spacial score (nSPS) is 21.0. The van der Waals surface area contributed by atoms with E-state index in [0.29, 0.717) is 24.4 Å². The molecule has 2 amide bonds. The lowest BCUT2D eigenvalue weighted by molar-refractivity contribution is -0.946. The molecule has 0 aliphatic carbocycles. The van der Waals surface area contributed by atoms with E-state index in [0.717, 1.165) is 49.1 Å². The summed E-state index contributed by atoms with van der Waals surface area (Å²) in [7, 11) is 1.61. The molecule has 0 N–H and O–H groups in total.